The minimum Gasteiger partial charge on any atom is -0.496 e. The normalized spacial score (nSPS) is 24.2. The van der Waals surface area contributed by atoms with Crippen molar-refractivity contribution in [1.82, 2.24) is 0 Å². The number of carbonyl (C=O) groups excluding carboxylic acids is 1. The van der Waals surface area contributed by atoms with Gasteiger partial charge in [0.15, 0.2) is 0 Å². The maximum Gasteiger partial charge on any atom is 0.224 e. The molecule has 2 fully saturated rings. The number of nitrogens with one attached hydrogen (secondary N) is 1. The van der Waals surface area contributed by atoms with Crippen LogP contribution in [0.1, 0.15) is 99.3 Å². The van der Waals surface area contributed by atoms with Crippen molar-refractivity contribution in [2.45, 2.75) is 88.8 Å². The van der Waals surface area contributed by atoms with Gasteiger partial charge in [-0.15, -0.1) is 0 Å². The van der Waals surface area contributed by atoms with Gasteiger partial charge in [-0.25, -0.2) is 0 Å². The number of hydrogen-bond acceptors (Lipinski definition) is 4. The van der Waals surface area contributed by atoms with Gasteiger partial charge in [-0.05, 0) is 55.0 Å². The fraction of sp³-hybridized carbons (Fsp3) is 0.567. The fourth-order valence-electron chi connectivity index (χ4n) is 6.50. The molecule has 0 spiro atoms. The summed E-state index contributed by atoms with van der Waals surface area (Å²) in [6.07, 6.45) is 12.6. The summed E-state index contributed by atoms with van der Waals surface area (Å²) in [6, 6.07) is 12.1. The van der Waals surface area contributed by atoms with Crippen molar-refractivity contribution < 1.29 is 19.0 Å². The van der Waals surface area contributed by atoms with Crippen molar-refractivity contribution in [3.8, 4) is 11.5 Å². The van der Waals surface area contributed by atoms with Gasteiger partial charge >= 0.3 is 0 Å². The lowest BCUT2D eigenvalue weighted by Crippen LogP contribution is -2.34. The van der Waals surface area contributed by atoms with Gasteiger partial charge in [0, 0.05) is 29.2 Å². The van der Waals surface area contributed by atoms with E-state index in [2.05, 4.69) is 17.4 Å². The zero-order chi connectivity index (χ0) is 24.2. The number of rotatable bonds is 7. The second-order valence-corrected chi connectivity index (χ2v) is 10.5. The Balaban J connectivity index is 1.40. The molecular weight excluding hydrogens is 438 g/mol. The van der Waals surface area contributed by atoms with E-state index < -0.39 is 0 Å². The van der Waals surface area contributed by atoms with Crippen molar-refractivity contribution in [3.63, 3.8) is 0 Å². The first-order valence-corrected chi connectivity index (χ1v) is 13.5. The lowest BCUT2D eigenvalue weighted by Gasteiger charge is -2.42. The quantitative estimate of drug-likeness (QED) is 0.460. The Morgan fingerprint density at radius 3 is 2.40 bits per heavy atom. The van der Waals surface area contributed by atoms with E-state index in [0.29, 0.717) is 18.3 Å². The topological polar surface area (TPSA) is 56.8 Å². The molecule has 1 heterocycles. The average molecular weight is 478 g/mol. The third-order valence-corrected chi connectivity index (χ3v) is 8.27. The highest BCUT2D eigenvalue weighted by Gasteiger charge is 2.41. The summed E-state index contributed by atoms with van der Waals surface area (Å²) in [4.78, 5) is 12.7. The van der Waals surface area contributed by atoms with Crippen LogP contribution < -0.4 is 14.8 Å². The highest BCUT2D eigenvalue weighted by Crippen LogP contribution is 2.53. The van der Waals surface area contributed by atoms with Gasteiger partial charge in [0.1, 0.15) is 17.6 Å². The summed E-state index contributed by atoms with van der Waals surface area (Å²) in [5, 5.41) is 3.14. The second kappa shape index (κ2) is 11.0. The molecule has 2 aromatic carbocycles. The van der Waals surface area contributed by atoms with Gasteiger partial charge in [0.25, 0.3) is 0 Å². The molecule has 3 aliphatic rings. The molecule has 188 valence electrons. The minimum absolute atomic E-state index is 0.101. The Labute approximate surface area is 209 Å². The van der Waals surface area contributed by atoms with Gasteiger partial charge in [-0.2, -0.15) is 0 Å². The molecule has 0 bridgehead atoms. The summed E-state index contributed by atoms with van der Waals surface area (Å²) in [5.41, 5.74) is 4.16. The highest BCUT2D eigenvalue weighted by molar-refractivity contribution is 5.90. The van der Waals surface area contributed by atoms with Gasteiger partial charge < -0.3 is 19.5 Å². The van der Waals surface area contributed by atoms with Crippen molar-refractivity contribution >= 4 is 11.6 Å². The molecular formula is C30H39NO4. The van der Waals surface area contributed by atoms with Crippen LogP contribution in [-0.2, 0) is 9.53 Å². The van der Waals surface area contributed by atoms with E-state index in [1.807, 2.05) is 24.3 Å². The summed E-state index contributed by atoms with van der Waals surface area (Å²) < 4.78 is 18.4. The number of hydrogen-bond donors (Lipinski definition) is 1. The van der Waals surface area contributed by atoms with Crippen LogP contribution in [0.5, 0.6) is 11.5 Å². The monoisotopic (exact) mass is 477 g/mol. The number of amides is 1. The first kappa shape index (κ1) is 24.2. The third kappa shape index (κ3) is 5.20. The van der Waals surface area contributed by atoms with Crippen molar-refractivity contribution in [3.05, 3.63) is 53.1 Å². The van der Waals surface area contributed by atoms with Gasteiger partial charge in [-0.3, -0.25) is 4.79 Å². The summed E-state index contributed by atoms with van der Waals surface area (Å²) >= 11 is 0. The first-order valence-electron chi connectivity index (χ1n) is 13.5. The maximum absolute atomic E-state index is 12.7. The molecule has 5 rings (SSSR count). The van der Waals surface area contributed by atoms with Crippen molar-refractivity contribution in [2.75, 3.05) is 19.5 Å². The van der Waals surface area contributed by atoms with E-state index in [0.717, 1.165) is 47.6 Å². The lowest BCUT2D eigenvalue weighted by atomic mass is 9.75. The number of ether oxygens (including phenoxy) is 3. The highest BCUT2D eigenvalue weighted by atomic mass is 16.5. The first-order chi connectivity index (χ1) is 17.2. The third-order valence-electron chi connectivity index (χ3n) is 8.27. The zero-order valence-corrected chi connectivity index (χ0v) is 21.2. The Hall–Kier alpha value is -2.53. The maximum atomic E-state index is 12.7. The molecule has 5 heteroatoms. The molecule has 1 amide bonds. The van der Waals surface area contributed by atoms with Crippen molar-refractivity contribution in [2.24, 2.45) is 5.92 Å². The number of anilines is 1. The smallest absolute Gasteiger partial charge is 0.224 e. The number of benzene rings is 2. The summed E-state index contributed by atoms with van der Waals surface area (Å²) in [5.74, 6) is 2.88. The predicted octanol–water partition coefficient (Wildman–Crippen LogP) is 7.15. The standard InChI is InChI=1S/C30H39NO4/c1-33-25-16-17-26(34-2)29-28(25)23-13-6-7-14-24(23)35-30(29)21-11-8-12-22(19-21)31-27(32)18-15-20-9-4-3-5-10-20/h8,11-12,16-17,19-20,23-24,30H,3-7,9-10,13-15,18H2,1-2H3,(H,31,32)/t23-,24-,30+/m0/s1. The Kier molecular flexibility index (Phi) is 7.62. The zero-order valence-electron chi connectivity index (χ0n) is 21.2. The number of methoxy groups -OCH3 is 2. The molecule has 0 saturated heterocycles. The van der Waals surface area contributed by atoms with Crippen LogP contribution in [0, 0.1) is 5.92 Å². The van der Waals surface area contributed by atoms with Crippen molar-refractivity contribution in [1.29, 1.82) is 0 Å². The van der Waals surface area contributed by atoms with Gasteiger partial charge in [0.2, 0.25) is 5.91 Å². The van der Waals surface area contributed by atoms with Crippen LogP contribution in [0.3, 0.4) is 0 Å². The molecule has 0 radical (unpaired) electrons. The van der Waals surface area contributed by atoms with E-state index in [1.54, 1.807) is 14.2 Å². The van der Waals surface area contributed by atoms with Crippen LogP contribution >= 0.6 is 0 Å². The average Bonchev–Trinajstić information content (AvgIpc) is 2.91. The van der Waals surface area contributed by atoms with E-state index in [9.17, 15) is 4.79 Å². The van der Waals surface area contributed by atoms with E-state index in [1.165, 1.54) is 50.5 Å². The molecule has 0 unspecified atom stereocenters. The molecule has 1 aliphatic heterocycles. The summed E-state index contributed by atoms with van der Waals surface area (Å²) in [6.45, 7) is 0. The Morgan fingerprint density at radius 1 is 0.914 bits per heavy atom. The van der Waals surface area contributed by atoms with Gasteiger partial charge in [-0.1, -0.05) is 57.1 Å². The number of carbonyl (C=O) groups is 1. The van der Waals surface area contributed by atoms with E-state index >= 15 is 0 Å². The van der Waals surface area contributed by atoms with Crippen LogP contribution in [-0.4, -0.2) is 26.2 Å². The fourth-order valence-corrected chi connectivity index (χ4v) is 6.50. The van der Waals surface area contributed by atoms with E-state index in [4.69, 9.17) is 14.2 Å². The SMILES string of the molecule is COc1ccc(OC)c2c1[C@@H](c1cccc(NC(=O)CCC3CCCCC3)c1)O[C@H]1CCCC[C@H]21. The van der Waals surface area contributed by atoms with Crippen LogP contribution in [0.4, 0.5) is 5.69 Å². The predicted molar refractivity (Wildman–Crippen MR) is 138 cm³/mol. The lowest BCUT2D eigenvalue weighted by molar-refractivity contribution is -0.116. The molecule has 2 aromatic rings. The molecule has 0 aromatic heterocycles. The Morgan fingerprint density at radius 2 is 1.63 bits per heavy atom. The second-order valence-electron chi connectivity index (χ2n) is 10.5. The largest absolute Gasteiger partial charge is 0.496 e. The van der Waals surface area contributed by atoms with Crippen LogP contribution in [0.2, 0.25) is 0 Å². The molecule has 3 atom stereocenters. The molecule has 35 heavy (non-hydrogen) atoms. The minimum atomic E-state index is -0.256. The number of fused-ring (bicyclic) bond motifs is 3. The van der Waals surface area contributed by atoms with E-state index in [-0.39, 0.29) is 18.1 Å². The molecule has 2 aliphatic carbocycles. The molecule has 1 N–H and O–H groups in total. The molecule has 2 saturated carbocycles. The Bertz CT molecular complexity index is 1030. The summed E-state index contributed by atoms with van der Waals surface area (Å²) in [7, 11) is 3.46. The van der Waals surface area contributed by atoms with Crippen LogP contribution in [0.25, 0.3) is 0 Å². The van der Waals surface area contributed by atoms with Crippen LogP contribution in [0.15, 0.2) is 36.4 Å². The molecule has 5 nitrogen and oxygen atoms in total. The van der Waals surface area contributed by atoms with Gasteiger partial charge in [0.05, 0.1) is 20.3 Å².